The molecule has 0 radical (unpaired) electrons. The molecular formula is C24H35F3N2O2. The van der Waals surface area contributed by atoms with Crippen LogP contribution in [0.4, 0.5) is 13.2 Å². The average Bonchev–Trinajstić information content (AvgIpc) is 3.04. The molecule has 4 aliphatic rings. The van der Waals surface area contributed by atoms with E-state index < -0.39 is 18.6 Å². The van der Waals surface area contributed by atoms with Crippen LogP contribution in [0.3, 0.4) is 0 Å². The summed E-state index contributed by atoms with van der Waals surface area (Å²) in [6.45, 7) is 3.27. The van der Waals surface area contributed by atoms with Crippen molar-refractivity contribution in [3.63, 3.8) is 0 Å². The molecule has 0 saturated heterocycles. The molecule has 174 valence electrons. The number of hydrogen-bond acceptors (Lipinski definition) is 2. The van der Waals surface area contributed by atoms with E-state index in [0.717, 1.165) is 44.9 Å². The lowest BCUT2D eigenvalue weighted by molar-refractivity contribution is -0.143. The van der Waals surface area contributed by atoms with Gasteiger partial charge in [-0.25, -0.2) is 0 Å². The first-order chi connectivity index (χ1) is 14.5. The van der Waals surface area contributed by atoms with E-state index in [4.69, 9.17) is 0 Å². The SMILES string of the molecule is CC[C@]12C=CC(=O)N(C)[C@@H]1CCC1C2CC[C@]2(C)[C@@H](CC(=O)NCC(F)(F)F)CC[C@@H]12. The number of halogens is 3. The van der Waals surface area contributed by atoms with Gasteiger partial charge in [-0.1, -0.05) is 19.9 Å². The summed E-state index contributed by atoms with van der Waals surface area (Å²) in [7, 11) is 1.93. The third-order valence-electron chi connectivity index (χ3n) is 9.60. The van der Waals surface area contributed by atoms with Crippen LogP contribution in [0, 0.1) is 34.5 Å². The van der Waals surface area contributed by atoms with E-state index >= 15 is 0 Å². The monoisotopic (exact) mass is 440 g/mol. The summed E-state index contributed by atoms with van der Waals surface area (Å²) in [6, 6.07) is 0.256. The van der Waals surface area contributed by atoms with Crippen molar-refractivity contribution in [1.82, 2.24) is 10.2 Å². The highest BCUT2D eigenvalue weighted by Crippen LogP contribution is 2.66. The van der Waals surface area contributed by atoms with Gasteiger partial charge in [-0.2, -0.15) is 13.2 Å². The van der Waals surface area contributed by atoms with E-state index in [1.165, 1.54) is 0 Å². The maximum Gasteiger partial charge on any atom is 0.405 e. The number of nitrogens with one attached hydrogen (secondary N) is 1. The van der Waals surface area contributed by atoms with Crippen LogP contribution >= 0.6 is 0 Å². The Morgan fingerprint density at radius 2 is 1.94 bits per heavy atom. The molecule has 1 aliphatic heterocycles. The maximum absolute atomic E-state index is 12.5. The van der Waals surface area contributed by atoms with Crippen LogP contribution in [0.15, 0.2) is 12.2 Å². The van der Waals surface area contributed by atoms with E-state index in [1.54, 1.807) is 6.08 Å². The molecule has 7 heteroatoms. The predicted molar refractivity (Wildman–Crippen MR) is 112 cm³/mol. The maximum atomic E-state index is 12.5. The Morgan fingerprint density at radius 1 is 1.19 bits per heavy atom. The first-order valence-corrected chi connectivity index (χ1v) is 11.8. The van der Waals surface area contributed by atoms with E-state index in [9.17, 15) is 22.8 Å². The molecular weight excluding hydrogens is 405 g/mol. The number of fused-ring (bicyclic) bond motifs is 5. The van der Waals surface area contributed by atoms with E-state index in [1.807, 2.05) is 11.9 Å². The number of rotatable bonds is 4. The highest BCUT2D eigenvalue weighted by atomic mass is 19.4. The Balaban J connectivity index is 1.51. The van der Waals surface area contributed by atoms with Crippen molar-refractivity contribution in [3.8, 4) is 0 Å². The second kappa shape index (κ2) is 7.80. The number of likely N-dealkylation sites (N-methyl/N-ethyl adjacent to an activating group) is 1. The molecule has 0 aromatic rings. The lowest BCUT2D eigenvalue weighted by Crippen LogP contribution is -2.60. The van der Waals surface area contributed by atoms with Crippen molar-refractivity contribution in [2.45, 2.75) is 77.4 Å². The van der Waals surface area contributed by atoms with Gasteiger partial charge in [-0.15, -0.1) is 0 Å². The molecule has 0 bridgehead atoms. The van der Waals surface area contributed by atoms with Crippen LogP contribution in [0.5, 0.6) is 0 Å². The summed E-state index contributed by atoms with van der Waals surface area (Å²) >= 11 is 0. The Labute approximate surface area is 183 Å². The van der Waals surface area contributed by atoms with Crippen molar-refractivity contribution in [3.05, 3.63) is 12.2 Å². The Hall–Kier alpha value is -1.53. The van der Waals surface area contributed by atoms with Crippen LogP contribution < -0.4 is 5.32 Å². The lowest BCUT2D eigenvalue weighted by Gasteiger charge is -2.61. The third kappa shape index (κ3) is 3.70. The van der Waals surface area contributed by atoms with Crippen molar-refractivity contribution in [2.75, 3.05) is 13.6 Å². The molecule has 0 aromatic heterocycles. The number of amides is 2. The van der Waals surface area contributed by atoms with E-state index in [-0.39, 0.29) is 35.1 Å². The van der Waals surface area contributed by atoms with Gasteiger partial charge in [0, 0.05) is 24.9 Å². The fraction of sp³-hybridized carbons (Fsp3) is 0.833. The molecule has 1 N–H and O–H groups in total. The van der Waals surface area contributed by atoms with Crippen LogP contribution in [-0.2, 0) is 9.59 Å². The molecule has 2 unspecified atom stereocenters. The molecule has 3 aliphatic carbocycles. The van der Waals surface area contributed by atoms with Crippen molar-refractivity contribution in [1.29, 1.82) is 0 Å². The minimum atomic E-state index is -4.37. The average molecular weight is 441 g/mol. The standard InChI is InChI=1S/C24H35F3N2O2/c1-4-23-12-10-21(31)29(3)19(23)8-6-16-17-7-5-15(22(17,2)11-9-18(16)23)13-20(30)28-14-24(25,26)27/h10,12,15-19H,4-9,11,13-14H2,1-3H3,(H,28,30)/t15-,16?,17+,18?,19-,22-,23-/m1/s1. The summed E-state index contributed by atoms with van der Waals surface area (Å²) in [5.74, 6) is 1.36. The first kappa shape index (κ1) is 22.7. The Morgan fingerprint density at radius 3 is 2.61 bits per heavy atom. The van der Waals surface area contributed by atoms with Crippen LogP contribution in [0.1, 0.15) is 65.2 Å². The van der Waals surface area contributed by atoms with Gasteiger partial charge in [0.15, 0.2) is 0 Å². The fourth-order valence-corrected chi connectivity index (χ4v) is 8.06. The number of hydrogen-bond donors (Lipinski definition) is 1. The molecule has 3 saturated carbocycles. The van der Waals surface area contributed by atoms with Gasteiger partial charge in [0.2, 0.25) is 11.8 Å². The Bertz CT molecular complexity index is 766. The fourth-order valence-electron chi connectivity index (χ4n) is 8.06. The number of alkyl halides is 3. The summed E-state index contributed by atoms with van der Waals surface area (Å²) < 4.78 is 37.4. The summed E-state index contributed by atoms with van der Waals surface area (Å²) in [5, 5.41) is 2.07. The highest BCUT2D eigenvalue weighted by Gasteiger charge is 2.61. The number of nitrogens with zero attached hydrogens (tertiary/aromatic N) is 1. The van der Waals surface area contributed by atoms with Crippen LogP contribution in [-0.4, -0.2) is 42.5 Å². The van der Waals surface area contributed by atoms with Crippen LogP contribution in [0.2, 0.25) is 0 Å². The van der Waals surface area contributed by atoms with Gasteiger partial charge >= 0.3 is 6.18 Å². The Kier molecular flexibility index (Phi) is 5.70. The van der Waals surface area contributed by atoms with E-state index in [2.05, 4.69) is 25.2 Å². The van der Waals surface area contributed by atoms with Gasteiger partial charge in [-0.05, 0) is 80.1 Å². The summed E-state index contributed by atoms with van der Waals surface area (Å²) in [4.78, 5) is 26.5. The lowest BCUT2D eigenvalue weighted by atomic mass is 9.46. The van der Waals surface area contributed by atoms with Crippen molar-refractivity contribution >= 4 is 11.8 Å². The van der Waals surface area contributed by atoms with Gasteiger partial charge in [0.25, 0.3) is 0 Å². The normalized spacial score (nSPS) is 42.1. The van der Waals surface area contributed by atoms with Crippen molar-refractivity contribution < 1.29 is 22.8 Å². The topological polar surface area (TPSA) is 49.4 Å². The third-order valence-corrected chi connectivity index (χ3v) is 9.60. The summed E-state index contributed by atoms with van der Waals surface area (Å²) in [6.07, 6.45) is 6.95. The summed E-state index contributed by atoms with van der Waals surface area (Å²) in [5.41, 5.74) is 0.0354. The zero-order chi connectivity index (χ0) is 22.6. The highest BCUT2D eigenvalue weighted by molar-refractivity contribution is 5.89. The number of carbonyl (C=O) groups excluding carboxylic acids is 2. The molecule has 4 rings (SSSR count). The van der Waals surface area contributed by atoms with Gasteiger partial charge in [-0.3, -0.25) is 9.59 Å². The minimum absolute atomic E-state index is 0.0125. The molecule has 1 heterocycles. The molecule has 31 heavy (non-hydrogen) atoms. The predicted octanol–water partition coefficient (Wildman–Crippen LogP) is 4.70. The largest absolute Gasteiger partial charge is 0.405 e. The molecule has 4 nitrogen and oxygen atoms in total. The smallest absolute Gasteiger partial charge is 0.347 e. The molecule has 0 spiro atoms. The van der Waals surface area contributed by atoms with Gasteiger partial charge in [0.1, 0.15) is 6.54 Å². The molecule has 7 atom stereocenters. The first-order valence-electron chi connectivity index (χ1n) is 11.8. The zero-order valence-electron chi connectivity index (χ0n) is 18.8. The van der Waals surface area contributed by atoms with Gasteiger partial charge < -0.3 is 10.2 Å². The minimum Gasteiger partial charge on any atom is -0.347 e. The molecule has 3 fully saturated rings. The quantitative estimate of drug-likeness (QED) is 0.689. The molecule has 2 amide bonds. The van der Waals surface area contributed by atoms with Crippen molar-refractivity contribution in [2.24, 2.45) is 34.5 Å². The second-order valence-electron chi connectivity index (χ2n) is 10.6. The molecule has 0 aromatic carbocycles. The zero-order valence-corrected chi connectivity index (χ0v) is 18.8. The number of carbonyl (C=O) groups is 2. The van der Waals surface area contributed by atoms with E-state index in [0.29, 0.717) is 17.8 Å². The van der Waals surface area contributed by atoms with Gasteiger partial charge in [0.05, 0.1) is 0 Å². The van der Waals surface area contributed by atoms with Crippen LogP contribution in [0.25, 0.3) is 0 Å². The second-order valence-corrected chi connectivity index (χ2v) is 10.6.